The van der Waals surface area contributed by atoms with Crippen LogP contribution in [0.2, 0.25) is 0 Å². The van der Waals surface area contributed by atoms with Gasteiger partial charge < -0.3 is 14.9 Å². The normalized spacial score (nSPS) is 23.7. The molecule has 2 aromatic rings. The fourth-order valence-corrected chi connectivity index (χ4v) is 4.17. The second-order valence-corrected chi connectivity index (χ2v) is 7.91. The maximum atomic E-state index is 9.96. The van der Waals surface area contributed by atoms with E-state index in [1.54, 1.807) is 6.33 Å². The van der Waals surface area contributed by atoms with Gasteiger partial charge in [-0.15, -0.1) is 0 Å². The van der Waals surface area contributed by atoms with E-state index in [9.17, 15) is 5.11 Å². The molecular weight excluding hydrogens is 328 g/mol. The molecule has 0 aliphatic carbocycles. The predicted molar refractivity (Wildman–Crippen MR) is 100 cm³/mol. The first-order valence-electron chi connectivity index (χ1n) is 9.48. The lowest BCUT2D eigenvalue weighted by molar-refractivity contribution is 0.227. The van der Waals surface area contributed by atoms with Gasteiger partial charge in [0.05, 0.1) is 11.9 Å². The van der Waals surface area contributed by atoms with E-state index in [1.165, 1.54) is 16.8 Å². The maximum absolute atomic E-state index is 9.96. The third kappa shape index (κ3) is 3.10. The molecule has 26 heavy (non-hydrogen) atoms. The van der Waals surface area contributed by atoms with Crippen LogP contribution in [0, 0.1) is 5.92 Å². The number of nitrogens with zero attached hydrogens (tertiary/aromatic N) is 6. The van der Waals surface area contributed by atoms with Gasteiger partial charge in [0.1, 0.15) is 12.1 Å². The Balaban J connectivity index is 1.61. The van der Waals surface area contributed by atoms with Gasteiger partial charge in [0.25, 0.3) is 0 Å². The quantitative estimate of drug-likeness (QED) is 0.894. The van der Waals surface area contributed by atoms with Crippen LogP contribution in [0.3, 0.4) is 0 Å². The molecule has 0 bridgehead atoms. The molecule has 2 aromatic heterocycles. The Morgan fingerprint density at radius 3 is 2.85 bits per heavy atom. The molecule has 1 saturated heterocycles. The van der Waals surface area contributed by atoms with E-state index in [2.05, 4.69) is 52.0 Å². The second kappa shape index (κ2) is 6.96. The van der Waals surface area contributed by atoms with Gasteiger partial charge in [-0.1, -0.05) is 0 Å². The summed E-state index contributed by atoms with van der Waals surface area (Å²) in [6.07, 6.45) is 6.76. The van der Waals surface area contributed by atoms with Crippen LogP contribution in [0.15, 0.2) is 18.7 Å². The highest BCUT2D eigenvalue weighted by molar-refractivity contribution is 5.51. The molecule has 0 amide bonds. The zero-order valence-electron chi connectivity index (χ0n) is 15.8. The van der Waals surface area contributed by atoms with Gasteiger partial charge in [-0.25, -0.2) is 9.97 Å². The summed E-state index contributed by atoms with van der Waals surface area (Å²) in [6, 6.07) is 0.346. The molecule has 0 radical (unpaired) electrons. The third-order valence-electron chi connectivity index (χ3n) is 5.72. The summed E-state index contributed by atoms with van der Waals surface area (Å²) < 4.78 is 1.99. The smallest absolute Gasteiger partial charge is 0.136 e. The number of hydrogen-bond acceptors (Lipinski definition) is 6. The molecule has 0 saturated carbocycles. The largest absolute Gasteiger partial charge is 0.396 e. The van der Waals surface area contributed by atoms with Crippen LogP contribution in [-0.2, 0) is 13.0 Å². The summed E-state index contributed by atoms with van der Waals surface area (Å²) in [4.78, 5) is 13.8. The minimum absolute atomic E-state index is 0.182. The van der Waals surface area contributed by atoms with Crippen LogP contribution in [0.25, 0.3) is 0 Å². The highest BCUT2D eigenvalue weighted by Gasteiger charge is 2.36. The molecule has 4 rings (SSSR count). The number of hydrogen-bond donors (Lipinski definition) is 1. The first kappa shape index (κ1) is 17.4. The van der Waals surface area contributed by atoms with Gasteiger partial charge in [0, 0.05) is 68.8 Å². The summed E-state index contributed by atoms with van der Waals surface area (Å²) in [5.41, 5.74) is 3.63. The van der Waals surface area contributed by atoms with E-state index in [0.717, 1.165) is 38.4 Å². The zero-order chi connectivity index (χ0) is 18.3. The van der Waals surface area contributed by atoms with Crippen LogP contribution in [0.4, 0.5) is 5.82 Å². The van der Waals surface area contributed by atoms with Crippen molar-refractivity contribution < 1.29 is 5.11 Å². The Hall–Kier alpha value is -1.99. The van der Waals surface area contributed by atoms with E-state index in [1.807, 2.05) is 10.9 Å². The van der Waals surface area contributed by atoms with Crippen LogP contribution in [0.5, 0.6) is 0 Å². The molecule has 2 aliphatic heterocycles. The number of aliphatic hydroxyl groups excluding tert-OH is 1. The zero-order valence-corrected chi connectivity index (χ0v) is 15.8. The van der Waals surface area contributed by atoms with Gasteiger partial charge in [-0.2, -0.15) is 5.10 Å². The first-order chi connectivity index (χ1) is 12.6. The van der Waals surface area contributed by atoms with Gasteiger partial charge in [-0.3, -0.25) is 4.68 Å². The Bertz CT molecular complexity index is 773. The number of likely N-dealkylation sites (N-methyl/N-ethyl adjacent to an activating group) is 1. The molecule has 0 unspecified atom stereocenters. The summed E-state index contributed by atoms with van der Waals surface area (Å²) in [7, 11) is 2.14. The molecule has 2 aliphatic rings. The average Bonchev–Trinajstić information content (AvgIpc) is 3.28. The number of rotatable bonds is 4. The topological polar surface area (TPSA) is 70.3 Å². The average molecular weight is 356 g/mol. The summed E-state index contributed by atoms with van der Waals surface area (Å²) in [5.74, 6) is 1.52. The minimum atomic E-state index is 0.182. The Morgan fingerprint density at radius 2 is 2.12 bits per heavy atom. The van der Waals surface area contributed by atoms with Gasteiger partial charge in [0.15, 0.2) is 0 Å². The summed E-state index contributed by atoms with van der Waals surface area (Å²) >= 11 is 0. The van der Waals surface area contributed by atoms with Gasteiger partial charge >= 0.3 is 0 Å². The number of anilines is 1. The second-order valence-electron chi connectivity index (χ2n) is 7.91. The van der Waals surface area contributed by atoms with Gasteiger partial charge in [-0.05, 0) is 26.5 Å². The summed E-state index contributed by atoms with van der Waals surface area (Å²) in [5, 5.41) is 14.5. The van der Waals surface area contributed by atoms with Crippen molar-refractivity contribution in [2.45, 2.75) is 38.8 Å². The van der Waals surface area contributed by atoms with Crippen molar-refractivity contribution in [3.63, 3.8) is 0 Å². The highest BCUT2D eigenvalue weighted by atomic mass is 16.3. The molecule has 140 valence electrons. The van der Waals surface area contributed by atoms with Crippen molar-refractivity contribution >= 4 is 5.82 Å². The first-order valence-corrected chi connectivity index (χ1v) is 9.48. The van der Waals surface area contributed by atoms with Crippen molar-refractivity contribution in [3.05, 3.63) is 35.5 Å². The van der Waals surface area contributed by atoms with Crippen molar-refractivity contribution in [2.75, 3.05) is 38.2 Å². The lowest BCUT2D eigenvalue weighted by Crippen LogP contribution is -2.31. The monoisotopic (exact) mass is 356 g/mol. The van der Waals surface area contributed by atoms with Crippen LogP contribution in [0.1, 0.15) is 42.6 Å². The van der Waals surface area contributed by atoms with Crippen molar-refractivity contribution in [3.8, 4) is 0 Å². The SMILES string of the molecule is CC(C)n1cc([C@@H]2CN(c3ncnc4c3CN(C)CC4)C[C@H]2CO)cn1. The van der Waals surface area contributed by atoms with Crippen LogP contribution < -0.4 is 4.90 Å². The predicted octanol–water partition coefficient (Wildman–Crippen LogP) is 1.45. The molecule has 7 heteroatoms. The fraction of sp³-hybridized carbons (Fsp3) is 0.632. The van der Waals surface area contributed by atoms with Crippen molar-refractivity contribution in [2.24, 2.45) is 5.92 Å². The summed E-state index contributed by atoms with van der Waals surface area (Å²) in [6.45, 7) is 8.06. The van der Waals surface area contributed by atoms with Gasteiger partial charge in [0.2, 0.25) is 0 Å². The van der Waals surface area contributed by atoms with Crippen molar-refractivity contribution in [1.82, 2.24) is 24.6 Å². The number of fused-ring (bicyclic) bond motifs is 1. The van der Waals surface area contributed by atoms with Crippen molar-refractivity contribution in [1.29, 1.82) is 0 Å². The molecule has 1 fully saturated rings. The molecule has 4 heterocycles. The Labute approximate surface area is 154 Å². The highest BCUT2D eigenvalue weighted by Crippen LogP contribution is 2.36. The molecule has 1 N–H and O–H groups in total. The molecule has 7 nitrogen and oxygen atoms in total. The molecule has 2 atom stereocenters. The Kier molecular flexibility index (Phi) is 4.67. The number of aliphatic hydroxyl groups is 1. The van der Waals surface area contributed by atoms with E-state index in [0.29, 0.717) is 6.04 Å². The maximum Gasteiger partial charge on any atom is 0.136 e. The standard InChI is InChI=1S/C19H28N6O/c1-13(2)25-8-14(6-22-25)16-10-24(7-15(16)11-26)19-17-9-23(3)5-4-18(17)20-12-21-19/h6,8,12-13,15-16,26H,4-5,7,9-11H2,1-3H3/t15-,16-/m0/s1. The number of aromatic nitrogens is 4. The molecule has 0 aromatic carbocycles. The minimum Gasteiger partial charge on any atom is -0.396 e. The van der Waals surface area contributed by atoms with Crippen LogP contribution >= 0.6 is 0 Å². The lowest BCUT2D eigenvalue weighted by atomic mass is 9.92. The van der Waals surface area contributed by atoms with E-state index < -0.39 is 0 Å². The van der Waals surface area contributed by atoms with Crippen LogP contribution in [-0.4, -0.2) is 63.0 Å². The van der Waals surface area contributed by atoms with E-state index in [4.69, 9.17) is 0 Å². The fourth-order valence-electron chi connectivity index (χ4n) is 4.17. The lowest BCUT2D eigenvalue weighted by Gasteiger charge is -2.28. The van der Waals surface area contributed by atoms with E-state index >= 15 is 0 Å². The third-order valence-corrected chi connectivity index (χ3v) is 5.72. The molecular formula is C19H28N6O. The molecule has 0 spiro atoms. The Morgan fingerprint density at radius 1 is 1.27 bits per heavy atom. The van der Waals surface area contributed by atoms with E-state index in [-0.39, 0.29) is 18.4 Å².